The number of benzene rings is 1. The van der Waals surface area contributed by atoms with Gasteiger partial charge in [0.2, 0.25) is 0 Å². The summed E-state index contributed by atoms with van der Waals surface area (Å²) in [6, 6.07) is 8.37. The van der Waals surface area contributed by atoms with Crippen molar-refractivity contribution in [2.24, 2.45) is 5.41 Å². The average Bonchev–Trinajstić information content (AvgIpc) is 2.33. The van der Waals surface area contributed by atoms with Crippen LogP contribution in [0.1, 0.15) is 38.7 Å². The SMILES string of the molecule is Cc1ccc(Br)cc1OCCCCC(C)(C)C#N. The molecule has 0 bridgehead atoms. The summed E-state index contributed by atoms with van der Waals surface area (Å²) < 4.78 is 6.79. The first-order valence-corrected chi connectivity index (χ1v) is 7.04. The fraction of sp³-hybridized carbons (Fsp3) is 0.533. The van der Waals surface area contributed by atoms with Gasteiger partial charge in [-0.3, -0.25) is 0 Å². The summed E-state index contributed by atoms with van der Waals surface area (Å²) in [4.78, 5) is 0. The maximum atomic E-state index is 8.91. The van der Waals surface area contributed by atoms with Crippen LogP contribution < -0.4 is 4.74 Å². The second kappa shape index (κ2) is 6.80. The minimum atomic E-state index is -0.217. The first kappa shape index (κ1) is 15.0. The number of nitrogens with zero attached hydrogens (tertiary/aromatic N) is 1. The van der Waals surface area contributed by atoms with Crippen molar-refractivity contribution in [3.05, 3.63) is 28.2 Å². The van der Waals surface area contributed by atoms with Crippen LogP contribution in [0.4, 0.5) is 0 Å². The summed E-state index contributed by atoms with van der Waals surface area (Å²) in [6.07, 6.45) is 2.93. The molecule has 0 saturated heterocycles. The molecule has 18 heavy (non-hydrogen) atoms. The van der Waals surface area contributed by atoms with Gasteiger partial charge >= 0.3 is 0 Å². The number of aryl methyl sites for hydroxylation is 1. The Bertz CT molecular complexity index is 435. The van der Waals surface area contributed by atoms with Crippen LogP contribution in [-0.4, -0.2) is 6.61 Å². The largest absolute Gasteiger partial charge is 0.493 e. The van der Waals surface area contributed by atoms with Crippen molar-refractivity contribution in [2.75, 3.05) is 6.61 Å². The average molecular weight is 310 g/mol. The minimum Gasteiger partial charge on any atom is -0.493 e. The molecule has 1 rings (SSSR count). The Balaban J connectivity index is 2.30. The summed E-state index contributed by atoms with van der Waals surface area (Å²) in [5, 5.41) is 8.91. The maximum absolute atomic E-state index is 8.91. The predicted octanol–water partition coefficient (Wildman–Crippen LogP) is 4.86. The van der Waals surface area contributed by atoms with E-state index >= 15 is 0 Å². The summed E-state index contributed by atoms with van der Waals surface area (Å²) in [7, 11) is 0. The van der Waals surface area contributed by atoms with Crippen LogP contribution >= 0.6 is 15.9 Å². The molecule has 2 nitrogen and oxygen atoms in total. The van der Waals surface area contributed by atoms with Crippen LogP contribution in [0.15, 0.2) is 22.7 Å². The number of hydrogen-bond donors (Lipinski definition) is 0. The Morgan fingerprint density at radius 2 is 2.06 bits per heavy atom. The van der Waals surface area contributed by atoms with Crippen LogP contribution in [0.25, 0.3) is 0 Å². The van der Waals surface area contributed by atoms with Crippen molar-refractivity contribution in [1.29, 1.82) is 5.26 Å². The molecule has 0 unspecified atom stereocenters. The number of hydrogen-bond acceptors (Lipinski definition) is 2. The van der Waals surface area contributed by atoms with Gasteiger partial charge in [-0.15, -0.1) is 0 Å². The highest BCUT2D eigenvalue weighted by Crippen LogP contribution is 2.24. The zero-order valence-electron chi connectivity index (χ0n) is 11.3. The lowest BCUT2D eigenvalue weighted by Gasteiger charge is -2.14. The Hall–Kier alpha value is -1.01. The van der Waals surface area contributed by atoms with Crippen LogP contribution in [0, 0.1) is 23.7 Å². The van der Waals surface area contributed by atoms with Crippen LogP contribution in [0.5, 0.6) is 5.75 Å². The van der Waals surface area contributed by atoms with E-state index in [4.69, 9.17) is 10.00 Å². The third-order valence-corrected chi connectivity index (χ3v) is 3.40. The van der Waals surface area contributed by atoms with Crippen molar-refractivity contribution in [2.45, 2.75) is 40.0 Å². The van der Waals surface area contributed by atoms with E-state index in [0.717, 1.165) is 35.0 Å². The molecule has 0 aromatic heterocycles. The topological polar surface area (TPSA) is 33.0 Å². The third-order valence-electron chi connectivity index (χ3n) is 2.91. The molecule has 1 aromatic carbocycles. The number of ether oxygens (including phenoxy) is 1. The quantitative estimate of drug-likeness (QED) is 0.703. The third kappa shape index (κ3) is 5.10. The maximum Gasteiger partial charge on any atom is 0.123 e. The normalized spacial score (nSPS) is 11.1. The summed E-state index contributed by atoms with van der Waals surface area (Å²) in [6.45, 7) is 6.71. The zero-order chi connectivity index (χ0) is 13.6. The standard InChI is InChI=1S/C15H20BrNO/c1-12-6-7-13(16)10-14(12)18-9-5-4-8-15(2,3)11-17/h6-7,10H,4-5,8-9H2,1-3H3. The highest BCUT2D eigenvalue weighted by atomic mass is 79.9. The second-order valence-electron chi connectivity index (χ2n) is 5.21. The smallest absolute Gasteiger partial charge is 0.123 e. The van der Waals surface area contributed by atoms with E-state index in [2.05, 4.69) is 22.0 Å². The van der Waals surface area contributed by atoms with E-state index < -0.39 is 0 Å². The lowest BCUT2D eigenvalue weighted by molar-refractivity contribution is 0.293. The number of unbranched alkanes of at least 4 members (excludes halogenated alkanes) is 1. The highest BCUT2D eigenvalue weighted by molar-refractivity contribution is 9.10. The molecule has 98 valence electrons. The highest BCUT2D eigenvalue weighted by Gasteiger charge is 2.15. The molecule has 0 saturated carbocycles. The van der Waals surface area contributed by atoms with Crippen molar-refractivity contribution < 1.29 is 4.74 Å². The lowest BCUT2D eigenvalue weighted by atomic mass is 9.89. The molecule has 0 N–H and O–H groups in total. The molecule has 0 aliphatic rings. The molecule has 0 amide bonds. The van der Waals surface area contributed by atoms with E-state index in [9.17, 15) is 0 Å². The number of rotatable bonds is 6. The van der Waals surface area contributed by atoms with Crippen molar-refractivity contribution in [3.8, 4) is 11.8 Å². The molecule has 0 spiro atoms. The first-order valence-electron chi connectivity index (χ1n) is 6.25. The van der Waals surface area contributed by atoms with Gasteiger partial charge < -0.3 is 4.74 Å². The molecule has 0 aliphatic heterocycles. The molecule has 3 heteroatoms. The number of nitriles is 1. The van der Waals surface area contributed by atoms with Gasteiger partial charge in [-0.05, 0) is 57.7 Å². The van der Waals surface area contributed by atoms with Gasteiger partial charge in [0.05, 0.1) is 18.1 Å². The fourth-order valence-corrected chi connectivity index (χ4v) is 1.98. The van der Waals surface area contributed by atoms with E-state index in [1.165, 1.54) is 0 Å². The molecule has 0 heterocycles. The van der Waals surface area contributed by atoms with Crippen molar-refractivity contribution in [3.63, 3.8) is 0 Å². The molecule has 0 fully saturated rings. The van der Waals surface area contributed by atoms with E-state index in [-0.39, 0.29) is 5.41 Å². The molecule has 0 aliphatic carbocycles. The van der Waals surface area contributed by atoms with Gasteiger partial charge in [0.25, 0.3) is 0 Å². The Morgan fingerprint density at radius 3 is 2.72 bits per heavy atom. The van der Waals surface area contributed by atoms with Gasteiger partial charge in [0, 0.05) is 4.47 Å². The van der Waals surface area contributed by atoms with Crippen molar-refractivity contribution >= 4 is 15.9 Å². The van der Waals surface area contributed by atoms with Gasteiger partial charge in [0.1, 0.15) is 5.75 Å². The number of halogens is 1. The molecular weight excluding hydrogens is 290 g/mol. The first-order chi connectivity index (χ1) is 8.44. The van der Waals surface area contributed by atoms with E-state index in [0.29, 0.717) is 6.61 Å². The van der Waals surface area contributed by atoms with Gasteiger partial charge in [-0.2, -0.15) is 5.26 Å². The van der Waals surface area contributed by atoms with Gasteiger partial charge in [0.15, 0.2) is 0 Å². The lowest BCUT2D eigenvalue weighted by Crippen LogP contribution is -2.08. The summed E-state index contributed by atoms with van der Waals surface area (Å²) in [5.41, 5.74) is 0.932. The Labute approximate surface area is 118 Å². The Kier molecular flexibility index (Phi) is 5.68. The minimum absolute atomic E-state index is 0.217. The fourth-order valence-electron chi connectivity index (χ4n) is 1.64. The van der Waals surface area contributed by atoms with E-state index in [1.54, 1.807) is 0 Å². The van der Waals surface area contributed by atoms with Crippen LogP contribution in [0.2, 0.25) is 0 Å². The molecule has 1 aromatic rings. The van der Waals surface area contributed by atoms with Crippen LogP contribution in [0.3, 0.4) is 0 Å². The Morgan fingerprint density at radius 1 is 1.33 bits per heavy atom. The summed E-state index contributed by atoms with van der Waals surface area (Å²) >= 11 is 3.44. The van der Waals surface area contributed by atoms with Crippen molar-refractivity contribution in [1.82, 2.24) is 0 Å². The van der Waals surface area contributed by atoms with E-state index in [1.807, 2.05) is 39.0 Å². The van der Waals surface area contributed by atoms with Crippen LogP contribution in [-0.2, 0) is 0 Å². The molecular formula is C15H20BrNO. The molecule has 0 atom stereocenters. The predicted molar refractivity (Wildman–Crippen MR) is 77.6 cm³/mol. The monoisotopic (exact) mass is 309 g/mol. The summed E-state index contributed by atoms with van der Waals surface area (Å²) in [5.74, 6) is 0.934. The second-order valence-corrected chi connectivity index (χ2v) is 6.13. The van der Waals surface area contributed by atoms with Gasteiger partial charge in [-0.25, -0.2) is 0 Å². The van der Waals surface area contributed by atoms with Gasteiger partial charge in [-0.1, -0.05) is 22.0 Å². The molecule has 0 radical (unpaired) electrons. The zero-order valence-corrected chi connectivity index (χ0v) is 12.9.